The van der Waals surface area contributed by atoms with Crippen LogP contribution in [0.3, 0.4) is 0 Å². The van der Waals surface area contributed by atoms with Crippen LogP contribution in [0, 0.1) is 6.92 Å². The van der Waals surface area contributed by atoms with Crippen LogP contribution in [0.2, 0.25) is 0 Å². The number of oxazole rings is 1. The minimum atomic E-state index is -0.595. The largest absolute Gasteiger partial charge is 0.423 e. The summed E-state index contributed by atoms with van der Waals surface area (Å²) in [5, 5.41) is 5.75. The van der Waals surface area contributed by atoms with Gasteiger partial charge in [0.1, 0.15) is 16.9 Å². The van der Waals surface area contributed by atoms with Crippen molar-refractivity contribution in [3.05, 3.63) is 74.3 Å². The Kier molecular flexibility index (Phi) is 3.53. The second-order valence-electron chi connectivity index (χ2n) is 5.70. The third-order valence-corrected chi connectivity index (χ3v) is 3.86. The Labute approximate surface area is 142 Å². The molecule has 2 aromatic carbocycles. The SMILES string of the molecule is Cc1ccc2nc(Nc3c(NCc4ccccn4)c(=O)c3=O)oc2c1. The van der Waals surface area contributed by atoms with Gasteiger partial charge in [0.05, 0.1) is 12.2 Å². The molecule has 0 atom stereocenters. The molecule has 0 saturated heterocycles. The Hall–Kier alpha value is -3.48. The van der Waals surface area contributed by atoms with E-state index < -0.39 is 10.9 Å². The number of hydrogen-bond donors (Lipinski definition) is 2. The summed E-state index contributed by atoms with van der Waals surface area (Å²) in [4.78, 5) is 32.1. The molecule has 0 saturated carbocycles. The van der Waals surface area contributed by atoms with Gasteiger partial charge in [-0.25, -0.2) is 0 Å². The van der Waals surface area contributed by atoms with E-state index in [2.05, 4.69) is 20.6 Å². The summed E-state index contributed by atoms with van der Waals surface area (Å²) in [6.07, 6.45) is 1.67. The maximum absolute atomic E-state index is 11.9. The molecule has 2 N–H and O–H groups in total. The van der Waals surface area contributed by atoms with E-state index in [1.54, 1.807) is 6.20 Å². The monoisotopic (exact) mass is 334 g/mol. The molecular formula is C18H14N4O3. The highest BCUT2D eigenvalue weighted by molar-refractivity contribution is 5.80. The number of hydrogen-bond acceptors (Lipinski definition) is 7. The first-order chi connectivity index (χ1) is 12.1. The third-order valence-electron chi connectivity index (χ3n) is 3.86. The van der Waals surface area contributed by atoms with Gasteiger partial charge in [-0.15, -0.1) is 0 Å². The van der Waals surface area contributed by atoms with Crippen LogP contribution in [0.25, 0.3) is 11.1 Å². The maximum atomic E-state index is 11.9. The first-order valence-corrected chi connectivity index (χ1v) is 7.73. The molecule has 25 heavy (non-hydrogen) atoms. The van der Waals surface area contributed by atoms with Crippen LogP contribution >= 0.6 is 0 Å². The van der Waals surface area contributed by atoms with Crippen molar-refractivity contribution in [3.63, 3.8) is 0 Å². The van der Waals surface area contributed by atoms with Gasteiger partial charge in [0, 0.05) is 6.20 Å². The number of fused-ring (bicyclic) bond motifs is 1. The fourth-order valence-electron chi connectivity index (χ4n) is 2.55. The topological polar surface area (TPSA) is 97.1 Å². The van der Waals surface area contributed by atoms with Crippen LogP contribution in [0.1, 0.15) is 11.3 Å². The Bertz CT molecular complexity index is 1120. The summed E-state index contributed by atoms with van der Waals surface area (Å²) in [6, 6.07) is 11.3. The predicted molar refractivity (Wildman–Crippen MR) is 94.9 cm³/mol. The smallest absolute Gasteiger partial charge is 0.300 e. The number of nitrogens with one attached hydrogen (secondary N) is 2. The van der Waals surface area contributed by atoms with Gasteiger partial charge < -0.3 is 15.1 Å². The zero-order chi connectivity index (χ0) is 17.4. The molecule has 0 radical (unpaired) electrons. The minimum absolute atomic E-state index is 0.157. The Balaban J connectivity index is 1.57. The normalized spacial score (nSPS) is 11.1. The molecule has 0 fully saturated rings. The molecule has 0 aliphatic carbocycles. The molecule has 0 amide bonds. The van der Waals surface area contributed by atoms with Gasteiger partial charge in [0.25, 0.3) is 16.9 Å². The summed E-state index contributed by atoms with van der Waals surface area (Å²) in [5.74, 6) is 0. The standard InChI is InChI=1S/C18H14N4O3/c1-10-5-6-12-13(8-10)25-18(21-12)22-15-14(16(23)17(15)24)20-9-11-4-2-3-7-19-11/h2-8,20H,9H2,1H3,(H,21,22). The fraction of sp³-hybridized carbons (Fsp3) is 0.111. The van der Waals surface area contributed by atoms with Crippen molar-refractivity contribution < 1.29 is 4.42 Å². The molecular weight excluding hydrogens is 320 g/mol. The van der Waals surface area contributed by atoms with Crippen LogP contribution in [0.15, 0.2) is 56.6 Å². The number of pyridine rings is 1. The summed E-state index contributed by atoms with van der Waals surface area (Å²) in [5.41, 5.74) is 2.31. The van der Waals surface area contributed by atoms with E-state index in [4.69, 9.17) is 4.42 Å². The van der Waals surface area contributed by atoms with E-state index >= 15 is 0 Å². The van der Waals surface area contributed by atoms with Crippen LogP contribution in [0.4, 0.5) is 17.4 Å². The summed E-state index contributed by atoms with van der Waals surface area (Å²) >= 11 is 0. The average molecular weight is 334 g/mol. The van der Waals surface area contributed by atoms with E-state index in [1.165, 1.54) is 0 Å². The van der Waals surface area contributed by atoms with Crippen LogP contribution in [-0.2, 0) is 6.54 Å². The van der Waals surface area contributed by atoms with E-state index in [9.17, 15) is 9.59 Å². The highest BCUT2D eigenvalue weighted by atomic mass is 16.4. The van der Waals surface area contributed by atoms with Gasteiger partial charge in [-0.3, -0.25) is 14.6 Å². The van der Waals surface area contributed by atoms with Gasteiger partial charge in [-0.1, -0.05) is 12.1 Å². The Morgan fingerprint density at radius 2 is 1.92 bits per heavy atom. The van der Waals surface area contributed by atoms with Gasteiger partial charge in [0.2, 0.25) is 0 Å². The maximum Gasteiger partial charge on any atom is 0.300 e. The number of benzene rings is 1. The molecule has 4 rings (SSSR count). The molecule has 0 aliphatic rings. The lowest BCUT2D eigenvalue weighted by atomic mass is 10.2. The van der Waals surface area contributed by atoms with E-state index in [-0.39, 0.29) is 17.4 Å². The second kappa shape index (κ2) is 5.86. The van der Waals surface area contributed by atoms with Crippen molar-refractivity contribution >= 4 is 28.5 Å². The molecule has 7 heteroatoms. The van der Waals surface area contributed by atoms with Crippen molar-refractivity contribution in [1.82, 2.24) is 9.97 Å². The first-order valence-electron chi connectivity index (χ1n) is 7.73. The molecule has 0 spiro atoms. The van der Waals surface area contributed by atoms with E-state index in [0.717, 1.165) is 11.3 Å². The minimum Gasteiger partial charge on any atom is -0.423 e. The predicted octanol–water partition coefficient (Wildman–Crippen LogP) is 2.48. The Morgan fingerprint density at radius 3 is 2.72 bits per heavy atom. The molecule has 7 nitrogen and oxygen atoms in total. The molecule has 0 bridgehead atoms. The van der Waals surface area contributed by atoms with Crippen LogP contribution in [0.5, 0.6) is 0 Å². The van der Waals surface area contributed by atoms with Crippen molar-refractivity contribution in [2.24, 2.45) is 0 Å². The van der Waals surface area contributed by atoms with Crippen molar-refractivity contribution in [2.45, 2.75) is 13.5 Å². The first kappa shape index (κ1) is 15.1. The van der Waals surface area contributed by atoms with E-state index in [1.807, 2.05) is 43.3 Å². The van der Waals surface area contributed by atoms with Crippen LogP contribution in [-0.4, -0.2) is 9.97 Å². The zero-order valence-corrected chi connectivity index (χ0v) is 13.4. The molecule has 0 aliphatic heterocycles. The summed E-state index contributed by atoms with van der Waals surface area (Å²) in [7, 11) is 0. The lowest BCUT2D eigenvalue weighted by Gasteiger charge is -2.12. The number of aryl methyl sites for hydroxylation is 1. The third kappa shape index (κ3) is 2.76. The van der Waals surface area contributed by atoms with Crippen molar-refractivity contribution in [3.8, 4) is 0 Å². The molecule has 124 valence electrons. The quantitative estimate of drug-likeness (QED) is 0.541. The highest BCUT2D eigenvalue weighted by Crippen LogP contribution is 2.25. The van der Waals surface area contributed by atoms with E-state index in [0.29, 0.717) is 17.6 Å². The number of rotatable bonds is 5. The summed E-state index contributed by atoms with van der Waals surface area (Å²) in [6.45, 7) is 2.29. The fourth-order valence-corrected chi connectivity index (χ4v) is 2.55. The Morgan fingerprint density at radius 1 is 1.08 bits per heavy atom. The number of nitrogens with zero attached hydrogens (tertiary/aromatic N) is 2. The number of anilines is 3. The molecule has 0 unspecified atom stereocenters. The van der Waals surface area contributed by atoms with Gasteiger partial charge >= 0.3 is 0 Å². The lowest BCUT2D eigenvalue weighted by Crippen LogP contribution is -2.36. The number of aromatic nitrogens is 2. The molecule has 2 heterocycles. The van der Waals surface area contributed by atoms with Crippen LogP contribution < -0.4 is 21.5 Å². The van der Waals surface area contributed by atoms with Gasteiger partial charge in [-0.2, -0.15) is 4.98 Å². The van der Waals surface area contributed by atoms with Gasteiger partial charge in [-0.05, 0) is 36.8 Å². The molecule has 2 aromatic heterocycles. The molecule has 4 aromatic rings. The lowest BCUT2D eigenvalue weighted by molar-refractivity contribution is 0.622. The van der Waals surface area contributed by atoms with Gasteiger partial charge in [0.15, 0.2) is 5.58 Å². The highest BCUT2D eigenvalue weighted by Gasteiger charge is 2.22. The average Bonchev–Trinajstić information content (AvgIpc) is 3.03. The van der Waals surface area contributed by atoms with Crippen molar-refractivity contribution in [2.75, 3.05) is 10.6 Å². The summed E-state index contributed by atoms with van der Waals surface area (Å²) < 4.78 is 5.59. The second-order valence-corrected chi connectivity index (χ2v) is 5.70. The van der Waals surface area contributed by atoms with Crippen molar-refractivity contribution in [1.29, 1.82) is 0 Å². The zero-order valence-electron chi connectivity index (χ0n) is 13.4.